The number of rotatable bonds is 3. The molecule has 1 aromatic carbocycles. The number of nitrogens with zero attached hydrogens (tertiary/aromatic N) is 3. The highest BCUT2D eigenvalue weighted by Gasteiger charge is 2.31. The zero-order chi connectivity index (χ0) is 16.6. The highest BCUT2D eigenvalue weighted by molar-refractivity contribution is 7.89. The highest BCUT2D eigenvalue weighted by Crippen LogP contribution is 2.34. The summed E-state index contributed by atoms with van der Waals surface area (Å²) in [6.45, 7) is 1.90. The molecule has 2 aromatic rings. The van der Waals surface area contributed by atoms with Crippen molar-refractivity contribution in [3.8, 4) is 11.5 Å². The van der Waals surface area contributed by atoms with Crippen molar-refractivity contribution < 1.29 is 17.9 Å². The van der Waals surface area contributed by atoms with E-state index in [0.717, 1.165) is 12.8 Å². The molecule has 1 saturated heterocycles. The minimum atomic E-state index is -3.52. The molecule has 128 valence electrons. The summed E-state index contributed by atoms with van der Waals surface area (Å²) < 4.78 is 40.1. The van der Waals surface area contributed by atoms with Gasteiger partial charge in [0.2, 0.25) is 10.0 Å². The third-order valence-electron chi connectivity index (χ3n) is 4.47. The van der Waals surface area contributed by atoms with Gasteiger partial charge >= 0.3 is 0 Å². The fourth-order valence-electron chi connectivity index (χ4n) is 3.18. The summed E-state index contributed by atoms with van der Waals surface area (Å²) in [6, 6.07) is 6.95. The Kier molecular flexibility index (Phi) is 3.93. The van der Waals surface area contributed by atoms with Gasteiger partial charge in [-0.15, -0.1) is 0 Å². The normalized spacial score (nSPS) is 19.3. The molecule has 24 heavy (non-hydrogen) atoms. The molecule has 0 spiro atoms. The first-order valence-corrected chi connectivity index (χ1v) is 9.47. The molecule has 8 heteroatoms. The van der Waals surface area contributed by atoms with Crippen LogP contribution in [0.15, 0.2) is 41.6 Å². The number of hydrogen-bond acceptors (Lipinski definition) is 5. The lowest BCUT2D eigenvalue weighted by molar-refractivity contribution is 0.171. The van der Waals surface area contributed by atoms with Crippen molar-refractivity contribution in [1.29, 1.82) is 0 Å². The number of sulfonamides is 1. The fourth-order valence-corrected chi connectivity index (χ4v) is 4.66. The number of ether oxygens (including phenoxy) is 2. The van der Waals surface area contributed by atoms with Gasteiger partial charge < -0.3 is 9.47 Å². The van der Waals surface area contributed by atoms with Crippen molar-refractivity contribution in [2.24, 2.45) is 0 Å². The topological polar surface area (TPSA) is 73.7 Å². The number of hydrogen-bond donors (Lipinski definition) is 0. The smallest absolute Gasteiger partial charge is 0.243 e. The third kappa shape index (κ3) is 2.76. The van der Waals surface area contributed by atoms with E-state index in [1.807, 2.05) is 16.9 Å². The molecule has 0 amide bonds. The van der Waals surface area contributed by atoms with Crippen LogP contribution in [0.1, 0.15) is 18.9 Å². The van der Waals surface area contributed by atoms with Crippen LogP contribution in [0.3, 0.4) is 0 Å². The first-order chi connectivity index (χ1) is 11.6. The van der Waals surface area contributed by atoms with Crippen molar-refractivity contribution >= 4 is 10.0 Å². The maximum atomic E-state index is 12.9. The van der Waals surface area contributed by atoms with E-state index in [0.29, 0.717) is 37.8 Å². The molecule has 0 saturated carbocycles. The van der Waals surface area contributed by atoms with E-state index < -0.39 is 10.0 Å². The third-order valence-corrected chi connectivity index (χ3v) is 6.37. The van der Waals surface area contributed by atoms with Crippen molar-refractivity contribution in [2.45, 2.75) is 23.8 Å². The van der Waals surface area contributed by atoms with Crippen LogP contribution in [-0.4, -0.2) is 48.8 Å². The van der Waals surface area contributed by atoms with Crippen LogP contribution in [-0.2, 0) is 10.0 Å². The second-order valence-corrected chi connectivity index (χ2v) is 7.86. The van der Waals surface area contributed by atoms with E-state index in [-0.39, 0.29) is 10.9 Å². The standard InChI is InChI=1S/C16H19N3O4S/c20-24(21,14-2-3-15-16(12-14)23-11-10-22-15)18-8-4-13(5-9-18)19-7-1-6-17-19/h1-3,6-7,12-13H,4-5,8-11H2. The molecule has 3 heterocycles. The predicted octanol–water partition coefficient (Wildman–Crippen LogP) is 1.68. The Morgan fingerprint density at radius 3 is 2.54 bits per heavy atom. The van der Waals surface area contributed by atoms with Crippen LogP contribution in [0.25, 0.3) is 0 Å². The van der Waals surface area contributed by atoms with Gasteiger partial charge in [0.05, 0.1) is 10.9 Å². The second-order valence-electron chi connectivity index (χ2n) is 5.93. The molecule has 0 N–H and O–H groups in total. The van der Waals surface area contributed by atoms with Gasteiger partial charge in [-0.1, -0.05) is 0 Å². The zero-order valence-corrected chi connectivity index (χ0v) is 14.0. The Bertz CT molecular complexity index is 812. The van der Waals surface area contributed by atoms with E-state index in [1.165, 1.54) is 0 Å². The quantitative estimate of drug-likeness (QED) is 0.843. The van der Waals surface area contributed by atoms with E-state index in [4.69, 9.17) is 9.47 Å². The molecule has 7 nitrogen and oxygen atoms in total. The van der Waals surface area contributed by atoms with Gasteiger partial charge in [0.25, 0.3) is 0 Å². The van der Waals surface area contributed by atoms with Gasteiger partial charge in [-0.2, -0.15) is 9.40 Å². The Labute approximate surface area is 140 Å². The molecular formula is C16H19N3O4S. The van der Waals surface area contributed by atoms with E-state index >= 15 is 0 Å². The number of benzene rings is 1. The van der Waals surface area contributed by atoms with Gasteiger partial charge in [0.1, 0.15) is 13.2 Å². The van der Waals surface area contributed by atoms with E-state index in [1.54, 1.807) is 28.7 Å². The summed E-state index contributed by atoms with van der Waals surface area (Å²) in [6.07, 6.45) is 5.19. The second kappa shape index (κ2) is 6.10. The van der Waals surface area contributed by atoms with Crippen LogP contribution in [0.2, 0.25) is 0 Å². The zero-order valence-electron chi connectivity index (χ0n) is 13.2. The molecule has 1 aromatic heterocycles. The molecule has 4 rings (SSSR count). The molecular weight excluding hydrogens is 330 g/mol. The maximum absolute atomic E-state index is 12.9. The van der Waals surface area contributed by atoms with Gasteiger partial charge in [-0.25, -0.2) is 8.42 Å². The average molecular weight is 349 g/mol. The molecule has 0 aliphatic carbocycles. The number of piperidine rings is 1. The van der Waals surface area contributed by atoms with Crippen LogP contribution in [0, 0.1) is 0 Å². The molecule has 0 atom stereocenters. The highest BCUT2D eigenvalue weighted by atomic mass is 32.2. The van der Waals surface area contributed by atoms with Crippen LogP contribution in [0.4, 0.5) is 0 Å². The molecule has 0 radical (unpaired) electrons. The lowest BCUT2D eigenvalue weighted by Crippen LogP contribution is -2.39. The van der Waals surface area contributed by atoms with Crippen LogP contribution >= 0.6 is 0 Å². The van der Waals surface area contributed by atoms with E-state index in [9.17, 15) is 8.42 Å². The molecule has 2 aliphatic heterocycles. The minimum Gasteiger partial charge on any atom is -0.486 e. The molecule has 2 aliphatic rings. The summed E-state index contributed by atoms with van der Waals surface area (Å²) in [5.41, 5.74) is 0. The summed E-state index contributed by atoms with van der Waals surface area (Å²) in [5.74, 6) is 1.09. The average Bonchev–Trinajstić information content (AvgIpc) is 3.16. The Morgan fingerprint density at radius 1 is 1.08 bits per heavy atom. The van der Waals surface area contributed by atoms with Gasteiger partial charge in [0.15, 0.2) is 11.5 Å². The number of aromatic nitrogens is 2. The molecule has 0 bridgehead atoms. The van der Waals surface area contributed by atoms with Crippen molar-refractivity contribution in [2.75, 3.05) is 26.3 Å². The number of fused-ring (bicyclic) bond motifs is 1. The summed E-state index contributed by atoms with van der Waals surface area (Å²) >= 11 is 0. The van der Waals surface area contributed by atoms with Crippen molar-refractivity contribution in [1.82, 2.24) is 14.1 Å². The maximum Gasteiger partial charge on any atom is 0.243 e. The van der Waals surface area contributed by atoms with Gasteiger partial charge in [-0.05, 0) is 31.0 Å². The predicted molar refractivity (Wildman–Crippen MR) is 86.7 cm³/mol. The lowest BCUT2D eigenvalue weighted by atomic mass is 10.1. The summed E-state index contributed by atoms with van der Waals surface area (Å²) in [4.78, 5) is 0.254. The Hall–Kier alpha value is -2.06. The Balaban J connectivity index is 1.51. The molecule has 0 unspecified atom stereocenters. The SMILES string of the molecule is O=S(=O)(c1ccc2c(c1)OCCO2)N1CCC(n2cccn2)CC1. The first kappa shape index (κ1) is 15.5. The van der Waals surface area contributed by atoms with Gasteiger partial charge in [-0.3, -0.25) is 4.68 Å². The monoisotopic (exact) mass is 349 g/mol. The Morgan fingerprint density at radius 2 is 1.83 bits per heavy atom. The minimum absolute atomic E-state index is 0.254. The van der Waals surface area contributed by atoms with Crippen LogP contribution < -0.4 is 9.47 Å². The summed E-state index contributed by atoms with van der Waals surface area (Å²) in [7, 11) is -3.52. The fraction of sp³-hybridized carbons (Fsp3) is 0.438. The van der Waals surface area contributed by atoms with E-state index in [2.05, 4.69) is 5.10 Å². The lowest BCUT2D eigenvalue weighted by Gasteiger charge is -2.31. The van der Waals surface area contributed by atoms with Crippen molar-refractivity contribution in [3.05, 3.63) is 36.7 Å². The summed E-state index contributed by atoms with van der Waals surface area (Å²) in [5, 5.41) is 4.25. The first-order valence-electron chi connectivity index (χ1n) is 8.03. The largest absolute Gasteiger partial charge is 0.486 e. The molecule has 1 fully saturated rings. The van der Waals surface area contributed by atoms with Crippen molar-refractivity contribution in [3.63, 3.8) is 0 Å². The van der Waals surface area contributed by atoms with Gasteiger partial charge in [0, 0.05) is 31.5 Å². The van der Waals surface area contributed by atoms with Crippen LogP contribution in [0.5, 0.6) is 11.5 Å².